The van der Waals surface area contributed by atoms with Gasteiger partial charge in [-0.3, -0.25) is 4.90 Å². The first-order valence-electron chi connectivity index (χ1n) is 4.72. The number of hydrogen-bond acceptors (Lipinski definition) is 4. The topological polar surface area (TPSA) is 55.3 Å². The Morgan fingerprint density at radius 2 is 2.62 bits per heavy atom. The SMILES string of the molecule is N[C@@H]1CCCN(Cc2ccno2)C1. The number of likely N-dealkylation sites (tertiary alicyclic amines) is 1. The zero-order chi connectivity index (χ0) is 9.10. The van der Waals surface area contributed by atoms with Gasteiger partial charge < -0.3 is 10.3 Å². The van der Waals surface area contributed by atoms with Crippen molar-refractivity contribution in [1.82, 2.24) is 10.1 Å². The highest BCUT2D eigenvalue weighted by atomic mass is 16.5. The Kier molecular flexibility index (Phi) is 2.61. The van der Waals surface area contributed by atoms with E-state index >= 15 is 0 Å². The van der Waals surface area contributed by atoms with Crippen LogP contribution >= 0.6 is 0 Å². The molecule has 1 aliphatic heterocycles. The van der Waals surface area contributed by atoms with Gasteiger partial charge in [0.15, 0.2) is 5.76 Å². The van der Waals surface area contributed by atoms with E-state index in [2.05, 4.69) is 10.1 Å². The van der Waals surface area contributed by atoms with Crippen LogP contribution in [0.15, 0.2) is 16.8 Å². The third kappa shape index (κ3) is 2.29. The molecule has 1 fully saturated rings. The summed E-state index contributed by atoms with van der Waals surface area (Å²) >= 11 is 0. The quantitative estimate of drug-likeness (QED) is 0.725. The lowest BCUT2D eigenvalue weighted by Crippen LogP contribution is -2.42. The van der Waals surface area contributed by atoms with Gasteiger partial charge in [-0.2, -0.15) is 0 Å². The van der Waals surface area contributed by atoms with E-state index < -0.39 is 0 Å². The number of hydrogen-bond donors (Lipinski definition) is 1. The van der Waals surface area contributed by atoms with Crippen molar-refractivity contribution < 1.29 is 4.52 Å². The van der Waals surface area contributed by atoms with Gasteiger partial charge in [-0.05, 0) is 19.4 Å². The number of aromatic nitrogens is 1. The lowest BCUT2D eigenvalue weighted by Gasteiger charge is -2.29. The Bertz CT molecular complexity index is 247. The second kappa shape index (κ2) is 3.89. The summed E-state index contributed by atoms with van der Waals surface area (Å²) < 4.78 is 5.04. The molecule has 1 atom stereocenters. The minimum Gasteiger partial charge on any atom is -0.360 e. The molecule has 0 bridgehead atoms. The maximum Gasteiger partial charge on any atom is 0.150 e. The van der Waals surface area contributed by atoms with Crippen molar-refractivity contribution >= 4 is 0 Å². The normalized spacial score (nSPS) is 24.8. The van der Waals surface area contributed by atoms with E-state index in [1.165, 1.54) is 6.42 Å². The summed E-state index contributed by atoms with van der Waals surface area (Å²) in [5.74, 6) is 0.925. The molecule has 4 nitrogen and oxygen atoms in total. The minimum absolute atomic E-state index is 0.330. The molecule has 0 radical (unpaired) electrons. The molecule has 72 valence electrons. The summed E-state index contributed by atoms with van der Waals surface area (Å²) in [4.78, 5) is 2.31. The van der Waals surface area contributed by atoms with E-state index in [1.54, 1.807) is 6.20 Å². The van der Waals surface area contributed by atoms with Crippen LogP contribution in [0.4, 0.5) is 0 Å². The van der Waals surface area contributed by atoms with Crippen molar-refractivity contribution in [3.05, 3.63) is 18.0 Å². The molecular weight excluding hydrogens is 166 g/mol. The van der Waals surface area contributed by atoms with Gasteiger partial charge in [0.2, 0.25) is 0 Å². The summed E-state index contributed by atoms with van der Waals surface area (Å²) in [7, 11) is 0. The van der Waals surface area contributed by atoms with Crippen molar-refractivity contribution in [2.45, 2.75) is 25.4 Å². The number of nitrogens with zero attached hydrogens (tertiary/aromatic N) is 2. The highest BCUT2D eigenvalue weighted by Crippen LogP contribution is 2.11. The molecule has 0 unspecified atom stereocenters. The summed E-state index contributed by atoms with van der Waals surface area (Å²) in [6.07, 6.45) is 4.02. The molecule has 1 aromatic rings. The molecule has 0 spiro atoms. The Balaban J connectivity index is 1.87. The van der Waals surface area contributed by atoms with E-state index in [1.807, 2.05) is 6.07 Å². The van der Waals surface area contributed by atoms with Crippen LogP contribution < -0.4 is 5.73 Å². The molecule has 0 amide bonds. The summed E-state index contributed by atoms with van der Waals surface area (Å²) in [6.45, 7) is 2.93. The predicted molar refractivity (Wildman–Crippen MR) is 49.0 cm³/mol. The fraction of sp³-hybridized carbons (Fsp3) is 0.667. The molecule has 1 aliphatic rings. The number of nitrogens with two attached hydrogens (primary N) is 1. The van der Waals surface area contributed by atoms with Gasteiger partial charge in [0.1, 0.15) is 0 Å². The van der Waals surface area contributed by atoms with Crippen LogP contribution in [0.5, 0.6) is 0 Å². The van der Waals surface area contributed by atoms with Crippen LogP contribution in [-0.2, 0) is 6.54 Å². The zero-order valence-corrected chi connectivity index (χ0v) is 7.65. The first-order chi connectivity index (χ1) is 6.34. The predicted octanol–water partition coefficient (Wildman–Crippen LogP) is 0.598. The lowest BCUT2D eigenvalue weighted by molar-refractivity contribution is 0.181. The van der Waals surface area contributed by atoms with Crippen molar-refractivity contribution in [3.63, 3.8) is 0 Å². The van der Waals surface area contributed by atoms with Crippen LogP contribution in [0.3, 0.4) is 0 Å². The number of piperidine rings is 1. The average Bonchev–Trinajstić information content (AvgIpc) is 2.57. The van der Waals surface area contributed by atoms with E-state index in [9.17, 15) is 0 Å². The fourth-order valence-electron chi connectivity index (χ4n) is 1.78. The van der Waals surface area contributed by atoms with Gasteiger partial charge in [0.25, 0.3) is 0 Å². The first-order valence-corrected chi connectivity index (χ1v) is 4.72. The Labute approximate surface area is 77.7 Å². The van der Waals surface area contributed by atoms with Crippen molar-refractivity contribution in [3.8, 4) is 0 Å². The fourth-order valence-corrected chi connectivity index (χ4v) is 1.78. The molecule has 2 N–H and O–H groups in total. The van der Waals surface area contributed by atoms with Crippen LogP contribution in [0.1, 0.15) is 18.6 Å². The molecule has 0 aromatic carbocycles. The third-order valence-corrected chi connectivity index (χ3v) is 2.41. The Morgan fingerprint density at radius 3 is 3.31 bits per heavy atom. The molecule has 2 rings (SSSR count). The van der Waals surface area contributed by atoms with E-state index in [-0.39, 0.29) is 0 Å². The summed E-state index contributed by atoms with van der Waals surface area (Å²) in [6, 6.07) is 2.23. The van der Waals surface area contributed by atoms with Crippen LogP contribution in [0.25, 0.3) is 0 Å². The molecular formula is C9H15N3O. The monoisotopic (exact) mass is 181 g/mol. The van der Waals surface area contributed by atoms with Crippen molar-refractivity contribution in [2.75, 3.05) is 13.1 Å². The van der Waals surface area contributed by atoms with Gasteiger partial charge in [0, 0.05) is 18.7 Å². The Hall–Kier alpha value is -0.870. The minimum atomic E-state index is 0.330. The maximum atomic E-state index is 5.87. The molecule has 13 heavy (non-hydrogen) atoms. The zero-order valence-electron chi connectivity index (χ0n) is 7.65. The van der Waals surface area contributed by atoms with Crippen LogP contribution in [0, 0.1) is 0 Å². The van der Waals surface area contributed by atoms with Gasteiger partial charge >= 0.3 is 0 Å². The molecule has 1 aromatic heterocycles. The van der Waals surface area contributed by atoms with Crippen LogP contribution in [0.2, 0.25) is 0 Å². The standard InChI is InChI=1S/C9H15N3O/c10-8-2-1-5-12(6-8)7-9-3-4-11-13-9/h3-4,8H,1-2,5-7,10H2/t8-/m1/s1. The van der Waals surface area contributed by atoms with Crippen LogP contribution in [-0.4, -0.2) is 29.2 Å². The highest BCUT2D eigenvalue weighted by Gasteiger charge is 2.17. The van der Waals surface area contributed by atoms with Gasteiger partial charge in [-0.1, -0.05) is 5.16 Å². The van der Waals surface area contributed by atoms with Gasteiger partial charge in [-0.15, -0.1) is 0 Å². The maximum absolute atomic E-state index is 5.87. The molecule has 4 heteroatoms. The summed E-state index contributed by atoms with van der Waals surface area (Å²) in [5, 5.41) is 3.67. The van der Waals surface area contributed by atoms with E-state index in [0.29, 0.717) is 6.04 Å². The smallest absolute Gasteiger partial charge is 0.150 e. The average molecular weight is 181 g/mol. The second-order valence-corrected chi connectivity index (χ2v) is 3.62. The van der Waals surface area contributed by atoms with E-state index in [0.717, 1.165) is 31.8 Å². The van der Waals surface area contributed by atoms with Gasteiger partial charge in [-0.25, -0.2) is 0 Å². The first kappa shape index (κ1) is 8.72. The lowest BCUT2D eigenvalue weighted by atomic mass is 10.1. The second-order valence-electron chi connectivity index (χ2n) is 3.62. The third-order valence-electron chi connectivity index (χ3n) is 2.41. The van der Waals surface area contributed by atoms with Crippen molar-refractivity contribution in [2.24, 2.45) is 5.73 Å². The molecule has 2 heterocycles. The molecule has 0 saturated carbocycles. The Morgan fingerprint density at radius 1 is 1.69 bits per heavy atom. The van der Waals surface area contributed by atoms with Gasteiger partial charge in [0.05, 0.1) is 12.7 Å². The number of rotatable bonds is 2. The molecule has 1 saturated heterocycles. The largest absolute Gasteiger partial charge is 0.360 e. The molecule has 0 aliphatic carbocycles. The van der Waals surface area contributed by atoms with Crippen molar-refractivity contribution in [1.29, 1.82) is 0 Å². The highest BCUT2D eigenvalue weighted by molar-refractivity contribution is 4.93. The van der Waals surface area contributed by atoms with E-state index in [4.69, 9.17) is 10.3 Å². The summed E-state index contributed by atoms with van der Waals surface area (Å²) in [5.41, 5.74) is 5.87.